The number of nitrogens with zero attached hydrogens (tertiary/aromatic N) is 1. The van der Waals surface area contributed by atoms with Gasteiger partial charge in [0.25, 0.3) is 0 Å². The Kier molecular flexibility index (Phi) is 4.54. The summed E-state index contributed by atoms with van der Waals surface area (Å²) >= 11 is 5.97. The van der Waals surface area contributed by atoms with Crippen LogP contribution < -0.4 is 5.73 Å². The Bertz CT molecular complexity index is 401. The second-order valence-corrected chi connectivity index (χ2v) is 6.99. The van der Waals surface area contributed by atoms with Crippen LogP contribution in [0.25, 0.3) is 0 Å². The van der Waals surface area contributed by atoms with E-state index in [4.69, 9.17) is 17.3 Å². The fraction of sp³-hybridized carbons (Fsp3) is 0.625. The van der Waals surface area contributed by atoms with Gasteiger partial charge in [-0.1, -0.05) is 37.6 Å². The highest BCUT2D eigenvalue weighted by Gasteiger charge is 2.31. The normalized spacial score (nSPS) is 23.0. The first-order valence-electron chi connectivity index (χ1n) is 7.14. The minimum absolute atomic E-state index is 0.127. The Morgan fingerprint density at radius 1 is 1.16 bits per heavy atom. The summed E-state index contributed by atoms with van der Waals surface area (Å²) in [5, 5.41) is 0.784. The van der Waals surface area contributed by atoms with E-state index in [0.717, 1.165) is 18.1 Å². The van der Waals surface area contributed by atoms with Gasteiger partial charge in [-0.3, -0.25) is 4.90 Å². The number of rotatable bonds is 3. The molecule has 0 aliphatic carbocycles. The third-order valence-corrected chi connectivity index (χ3v) is 4.51. The monoisotopic (exact) mass is 280 g/mol. The van der Waals surface area contributed by atoms with E-state index in [2.05, 4.69) is 37.8 Å². The molecule has 1 heterocycles. The first-order valence-corrected chi connectivity index (χ1v) is 7.52. The molecule has 2 nitrogen and oxygen atoms in total. The van der Waals surface area contributed by atoms with Gasteiger partial charge in [-0.2, -0.15) is 0 Å². The van der Waals surface area contributed by atoms with Gasteiger partial charge in [-0.25, -0.2) is 0 Å². The highest BCUT2D eigenvalue weighted by molar-refractivity contribution is 6.30. The molecule has 1 fully saturated rings. The zero-order valence-electron chi connectivity index (χ0n) is 12.2. The smallest absolute Gasteiger partial charge is 0.0496 e. The molecule has 19 heavy (non-hydrogen) atoms. The molecular formula is C16H25ClN2. The minimum Gasteiger partial charge on any atom is -0.326 e. The summed E-state index contributed by atoms with van der Waals surface area (Å²) in [6.45, 7) is 9.06. The maximum atomic E-state index is 6.23. The summed E-state index contributed by atoms with van der Waals surface area (Å²) in [5.41, 5.74) is 7.98. The Morgan fingerprint density at radius 3 is 2.16 bits per heavy atom. The standard InChI is InChI=1S/C16H25ClN2/c1-12(18)15(13-4-6-14(17)7-5-13)19-10-8-16(2,3)9-11-19/h4-7,12,15H,8-11,18H2,1-3H3. The fourth-order valence-corrected chi connectivity index (χ4v) is 3.04. The Morgan fingerprint density at radius 2 is 1.68 bits per heavy atom. The van der Waals surface area contributed by atoms with E-state index in [0.29, 0.717) is 11.5 Å². The number of halogens is 1. The third kappa shape index (κ3) is 3.71. The average Bonchev–Trinajstić information content (AvgIpc) is 2.33. The van der Waals surface area contributed by atoms with Gasteiger partial charge < -0.3 is 5.73 Å². The van der Waals surface area contributed by atoms with Crippen molar-refractivity contribution >= 4 is 11.6 Å². The van der Waals surface area contributed by atoms with Crippen molar-refractivity contribution in [1.29, 1.82) is 0 Å². The first kappa shape index (κ1) is 14.8. The number of hydrogen-bond donors (Lipinski definition) is 1. The third-order valence-electron chi connectivity index (χ3n) is 4.25. The number of benzene rings is 1. The van der Waals surface area contributed by atoms with Crippen LogP contribution in [0.5, 0.6) is 0 Å². The fourth-order valence-electron chi connectivity index (χ4n) is 2.91. The van der Waals surface area contributed by atoms with Crippen molar-refractivity contribution in [2.75, 3.05) is 13.1 Å². The molecule has 1 aliphatic rings. The summed E-state index contributed by atoms with van der Waals surface area (Å²) < 4.78 is 0. The van der Waals surface area contributed by atoms with E-state index in [-0.39, 0.29) is 6.04 Å². The van der Waals surface area contributed by atoms with E-state index in [9.17, 15) is 0 Å². The first-order chi connectivity index (χ1) is 8.89. The molecular weight excluding hydrogens is 256 g/mol. The van der Waals surface area contributed by atoms with Crippen LogP contribution in [0, 0.1) is 5.41 Å². The predicted octanol–water partition coefficient (Wildman–Crippen LogP) is 3.85. The van der Waals surface area contributed by atoms with Crippen molar-refractivity contribution in [3.8, 4) is 0 Å². The molecule has 3 heteroatoms. The van der Waals surface area contributed by atoms with Crippen molar-refractivity contribution in [3.63, 3.8) is 0 Å². The molecule has 0 amide bonds. The van der Waals surface area contributed by atoms with Crippen LogP contribution in [0.2, 0.25) is 5.02 Å². The molecule has 2 unspecified atom stereocenters. The van der Waals surface area contributed by atoms with E-state index in [1.54, 1.807) is 0 Å². The maximum absolute atomic E-state index is 6.23. The Balaban J connectivity index is 2.15. The average molecular weight is 281 g/mol. The lowest BCUT2D eigenvalue weighted by molar-refractivity contribution is 0.0842. The lowest BCUT2D eigenvalue weighted by Gasteiger charge is -2.42. The summed E-state index contributed by atoms with van der Waals surface area (Å²) in [6.07, 6.45) is 2.48. The van der Waals surface area contributed by atoms with E-state index < -0.39 is 0 Å². The molecule has 0 radical (unpaired) electrons. The molecule has 1 aromatic rings. The van der Waals surface area contributed by atoms with E-state index in [1.807, 2.05) is 12.1 Å². The molecule has 2 atom stereocenters. The molecule has 1 saturated heterocycles. The van der Waals surface area contributed by atoms with Crippen LogP contribution in [-0.2, 0) is 0 Å². The lowest BCUT2D eigenvalue weighted by atomic mass is 9.81. The van der Waals surface area contributed by atoms with E-state index >= 15 is 0 Å². The van der Waals surface area contributed by atoms with Crippen molar-refractivity contribution in [2.24, 2.45) is 11.1 Å². The molecule has 0 aromatic heterocycles. The number of nitrogens with two attached hydrogens (primary N) is 1. The molecule has 0 saturated carbocycles. The quantitative estimate of drug-likeness (QED) is 0.911. The SMILES string of the molecule is CC(N)C(c1ccc(Cl)cc1)N1CCC(C)(C)CC1. The zero-order valence-corrected chi connectivity index (χ0v) is 13.0. The van der Waals surface area contributed by atoms with Crippen molar-refractivity contribution in [2.45, 2.75) is 45.7 Å². The molecule has 106 valence electrons. The van der Waals surface area contributed by atoms with Gasteiger partial charge in [0.15, 0.2) is 0 Å². The van der Waals surface area contributed by atoms with Gasteiger partial charge in [0.1, 0.15) is 0 Å². The second-order valence-electron chi connectivity index (χ2n) is 6.56. The zero-order chi connectivity index (χ0) is 14.0. The van der Waals surface area contributed by atoms with Gasteiger partial charge >= 0.3 is 0 Å². The van der Waals surface area contributed by atoms with Crippen LogP contribution in [-0.4, -0.2) is 24.0 Å². The van der Waals surface area contributed by atoms with Crippen LogP contribution in [0.1, 0.15) is 45.2 Å². The largest absolute Gasteiger partial charge is 0.326 e. The molecule has 2 rings (SSSR count). The topological polar surface area (TPSA) is 29.3 Å². The highest BCUT2D eigenvalue weighted by Crippen LogP contribution is 2.35. The Hall–Kier alpha value is -0.570. The lowest BCUT2D eigenvalue weighted by Crippen LogP contribution is -2.45. The van der Waals surface area contributed by atoms with Gasteiger partial charge in [-0.15, -0.1) is 0 Å². The van der Waals surface area contributed by atoms with Crippen LogP contribution in [0.4, 0.5) is 0 Å². The van der Waals surface area contributed by atoms with Crippen molar-refractivity contribution < 1.29 is 0 Å². The van der Waals surface area contributed by atoms with Gasteiger partial charge in [0.2, 0.25) is 0 Å². The summed E-state index contributed by atoms with van der Waals surface area (Å²) in [5.74, 6) is 0. The second kappa shape index (κ2) is 5.82. The van der Waals surface area contributed by atoms with E-state index in [1.165, 1.54) is 18.4 Å². The molecule has 0 bridgehead atoms. The van der Waals surface area contributed by atoms with Gasteiger partial charge in [0.05, 0.1) is 0 Å². The molecule has 1 aliphatic heterocycles. The van der Waals surface area contributed by atoms with Gasteiger partial charge in [0, 0.05) is 17.1 Å². The maximum Gasteiger partial charge on any atom is 0.0496 e. The highest BCUT2D eigenvalue weighted by atomic mass is 35.5. The van der Waals surface area contributed by atoms with Crippen LogP contribution in [0.15, 0.2) is 24.3 Å². The summed E-state index contributed by atoms with van der Waals surface area (Å²) in [6, 6.07) is 8.56. The minimum atomic E-state index is 0.127. The number of likely N-dealkylation sites (tertiary alicyclic amines) is 1. The molecule has 0 spiro atoms. The Labute approximate surface area is 121 Å². The number of hydrogen-bond acceptors (Lipinski definition) is 2. The van der Waals surface area contributed by atoms with Gasteiger partial charge in [-0.05, 0) is 56.0 Å². The predicted molar refractivity (Wildman–Crippen MR) is 82.4 cm³/mol. The van der Waals surface area contributed by atoms with Crippen LogP contribution >= 0.6 is 11.6 Å². The molecule has 1 aromatic carbocycles. The van der Waals surface area contributed by atoms with Crippen LogP contribution in [0.3, 0.4) is 0 Å². The summed E-state index contributed by atoms with van der Waals surface area (Å²) in [4.78, 5) is 2.53. The summed E-state index contributed by atoms with van der Waals surface area (Å²) in [7, 11) is 0. The van der Waals surface area contributed by atoms with Crippen molar-refractivity contribution in [3.05, 3.63) is 34.9 Å². The van der Waals surface area contributed by atoms with Crippen molar-refractivity contribution in [1.82, 2.24) is 4.90 Å². The number of piperidine rings is 1. The molecule has 2 N–H and O–H groups in total.